The second-order valence-corrected chi connectivity index (χ2v) is 5.52. The van der Waals surface area contributed by atoms with E-state index in [0.717, 1.165) is 10.9 Å². The lowest BCUT2D eigenvalue weighted by Gasteiger charge is -2.11. The number of halogens is 1. The molecule has 0 bridgehead atoms. The molecule has 0 saturated heterocycles. The average molecular weight is 335 g/mol. The Kier molecular flexibility index (Phi) is 3.57. The van der Waals surface area contributed by atoms with E-state index in [0.29, 0.717) is 11.2 Å². The molecule has 0 aliphatic carbocycles. The maximum atomic E-state index is 14.8. The molecule has 0 unspecified atom stereocenters. The third-order valence-corrected chi connectivity index (χ3v) is 4.15. The van der Waals surface area contributed by atoms with Crippen molar-refractivity contribution in [3.8, 4) is 28.0 Å². The van der Waals surface area contributed by atoms with Crippen molar-refractivity contribution in [2.75, 3.05) is 7.11 Å². The number of nitrogens with zero attached hydrogens (tertiary/aromatic N) is 1. The Hall–Kier alpha value is -3.41. The lowest BCUT2D eigenvalue weighted by molar-refractivity contribution is 0.387. The lowest BCUT2D eigenvalue weighted by Crippen LogP contribution is -2.10. The number of pyridine rings is 2. The van der Waals surface area contributed by atoms with Crippen molar-refractivity contribution in [1.29, 1.82) is 0 Å². The smallest absolute Gasteiger partial charge is 0.256 e. The number of aromatic amines is 2. The van der Waals surface area contributed by atoms with Crippen LogP contribution in [0, 0.1) is 5.82 Å². The Bertz CT molecular complexity index is 1130. The first-order valence-electron chi connectivity index (χ1n) is 7.67. The normalized spacial score (nSPS) is 11.0. The van der Waals surface area contributed by atoms with Gasteiger partial charge < -0.3 is 14.7 Å². The second-order valence-electron chi connectivity index (χ2n) is 5.52. The van der Waals surface area contributed by atoms with Crippen LogP contribution in [0.2, 0.25) is 0 Å². The quantitative estimate of drug-likeness (QED) is 0.599. The third kappa shape index (κ3) is 2.39. The van der Waals surface area contributed by atoms with Gasteiger partial charge in [-0.05, 0) is 29.8 Å². The molecule has 124 valence electrons. The maximum Gasteiger partial charge on any atom is 0.256 e. The molecule has 1 aromatic carbocycles. The minimum absolute atomic E-state index is 0.0901. The van der Waals surface area contributed by atoms with Gasteiger partial charge in [0, 0.05) is 35.1 Å². The summed E-state index contributed by atoms with van der Waals surface area (Å²) in [5, 5.41) is 0.859. The van der Waals surface area contributed by atoms with Crippen molar-refractivity contribution >= 4 is 11.0 Å². The number of H-pyrrole nitrogens is 2. The maximum absolute atomic E-state index is 14.8. The summed E-state index contributed by atoms with van der Waals surface area (Å²) in [5.74, 6) is -0.479. The first-order chi connectivity index (χ1) is 12.2. The Morgan fingerprint density at radius 2 is 1.92 bits per heavy atom. The van der Waals surface area contributed by atoms with Crippen LogP contribution >= 0.6 is 0 Å². The molecule has 0 saturated carbocycles. The molecule has 4 aromatic rings. The fraction of sp³-hybridized carbons (Fsp3) is 0.0526. The van der Waals surface area contributed by atoms with E-state index in [1.165, 1.54) is 13.2 Å². The largest absolute Gasteiger partial charge is 0.494 e. The van der Waals surface area contributed by atoms with Gasteiger partial charge in [0.05, 0.1) is 12.7 Å². The number of aromatic nitrogens is 3. The number of methoxy groups -OCH3 is 1. The number of hydrogen-bond donors (Lipinski definition) is 2. The summed E-state index contributed by atoms with van der Waals surface area (Å²) >= 11 is 0. The molecular formula is C19H14FN3O2. The highest BCUT2D eigenvalue weighted by Crippen LogP contribution is 2.36. The SMILES string of the molecule is COc1cccc(-c2c(-c3c[nH]c4ncccc34)cc[nH]c2=O)c1F. The molecule has 0 aliphatic rings. The molecule has 0 amide bonds. The van der Waals surface area contributed by atoms with E-state index >= 15 is 0 Å². The molecule has 4 rings (SSSR count). The van der Waals surface area contributed by atoms with E-state index in [1.807, 2.05) is 12.1 Å². The fourth-order valence-electron chi connectivity index (χ4n) is 3.01. The minimum atomic E-state index is -0.569. The predicted molar refractivity (Wildman–Crippen MR) is 94.1 cm³/mol. The van der Waals surface area contributed by atoms with Gasteiger partial charge >= 0.3 is 0 Å². The van der Waals surface area contributed by atoms with Gasteiger partial charge in [0.15, 0.2) is 11.6 Å². The summed E-state index contributed by atoms with van der Waals surface area (Å²) in [5.41, 5.74) is 2.18. The van der Waals surface area contributed by atoms with Crippen molar-refractivity contribution in [3.05, 3.63) is 71.2 Å². The van der Waals surface area contributed by atoms with E-state index in [2.05, 4.69) is 15.0 Å². The first-order valence-corrected chi connectivity index (χ1v) is 7.67. The average Bonchev–Trinajstić information content (AvgIpc) is 3.06. The number of benzene rings is 1. The van der Waals surface area contributed by atoms with Gasteiger partial charge in [-0.3, -0.25) is 4.79 Å². The van der Waals surface area contributed by atoms with Crippen LogP contribution in [0.1, 0.15) is 0 Å². The molecule has 0 aliphatic heterocycles. The predicted octanol–water partition coefficient (Wildman–Crippen LogP) is 3.73. The zero-order valence-corrected chi connectivity index (χ0v) is 13.3. The molecule has 25 heavy (non-hydrogen) atoms. The molecule has 0 fully saturated rings. The topological polar surface area (TPSA) is 70.8 Å². The molecule has 3 heterocycles. The Morgan fingerprint density at radius 3 is 2.76 bits per heavy atom. The highest BCUT2D eigenvalue weighted by Gasteiger charge is 2.19. The molecule has 6 heteroatoms. The number of ether oxygens (including phenoxy) is 1. The van der Waals surface area contributed by atoms with Crippen molar-refractivity contribution < 1.29 is 9.13 Å². The summed E-state index contributed by atoms with van der Waals surface area (Å²) in [7, 11) is 1.39. The van der Waals surface area contributed by atoms with Crippen LogP contribution in [0.25, 0.3) is 33.3 Å². The zero-order valence-electron chi connectivity index (χ0n) is 13.3. The van der Waals surface area contributed by atoms with Crippen LogP contribution < -0.4 is 10.3 Å². The number of rotatable bonds is 3. The highest BCUT2D eigenvalue weighted by molar-refractivity contribution is 5.98. The molecule has 3 aromatic heterocycles. The zero-order chi connectivity index (χ0) is 17.4. The van der Waals surface area contributed by atoms with E-state index in [1.54, 1.807) is 36.8 Å². The van der Waals surface area contributed by atoms with Crippen LogP contribution in [0.15, 0.2) is 59.8 Å². The van der Waals surface area contributed by atoms with Gasteiger partial charge in [0.25, 0.3) is 5.56 Å². The van der Waals surface area contributed by atoms with Crippen molar-refractivity contribution in [2.24, 2.45) is 0 Å². The van der Waals surface area contributed by atoms with Crippen molar-refractivity contribution in [3.63, 3.8) is 0 Å². The minimum Gasteiger partial charge on any atom is -0.494 e. The fourth-order valence-corrected chi connectivity index (χ4v) is 3.01. The van der Waals surface area contributed by atoms with Crippen LogP contribution in [-0.2, 0) is 0 Å². The van der Waals surface area contributed by atoms with Crippen LogP contribution in [0.3, 0.4) is 0 Å². The van der Waals surface area contributed by atoms with Crippen molar-refractivity contribution in [2.45, 2.75) is 0 Å². The number of nitrogens with one attached hydrogen (secondary N) is 2. The molecule has 0 spiro atoms. The van der Waals surface area contributed by atoms with Crippen molar-refractivity contribution in [1.82, 2.24) is 15.0 Å². The molecular weight excluding hydrogens is 321 g/mol. The highest BCUT2D eigenvalue weighted by atomic mass is 19.1. The Labute approximate surface area is 142 Å². The van der Waals surface area contributed by atoms with Gasteiger partial charge in [0.1, 0.15) is 5.65 Å². The van der Waals surface area contributed by atoms with Gasteiger partial charge in [-0.2, -0.15) is 0 Å². The summed E-state index contributed by atoms with van der Waals surface area (Å²) < 4.78 is 19.8. The van der Waals surface area contributed by atoms with E-state index in [9.17, 15) is 9.18 Å². The molecule has 0 atom stereocenters. The summed E-state index contributed by atoms with van der Waals surface area (Å²) in [4.78, 5) is 22.5. The standard InChI is InChI=1S/C19H14FN3O2/c1-25-15-6-2-4-13(17(15)20)16-11(7-9-22-19(16)24)14-10-23-18-12(14)5-3-8-21-18/h2-10H,1H3,(H,21,23)(H,22,24). The first kappa shape index (κ1) is 15.1. The van der Waals surface area contributed by atoms with E-state index in [4.69, 9.17) is 4.74 Å². The van der Waals surface area contributed by atoms with Crippen LogP contribution in [0.4, 0.5) is 4.39 Å². The summed E-state index contributed by atoms with van der Waals surface area (Å²) in [6.07, 6.45) is 5.01. The number of hydrogen-bond acceptors (Lipinski definition) is 3. The Morgan fingerprint density at radius 1 is 1.04 bits per heavy atom. The van der Waals surface area contributed by atoms with Gasteiger partial charge in [-0.25, -0.2) is 9.37 Å². The number of fused-ring (bicyclic) bond motifs is 1. The van der Waals surface area contributed by atoms with Crippen LogP contribution in [-0.4, -0.2) is 22.1 Å². The molecule has 2 N–H and O–H groups in total. The van der Waals surface area contributed by atoms with E-state index < -0.39 is 5.82 Å². The van der Waals surface area contributed by atoms with Crippen LogP contribution in [0.5, 0.6) is 5.75 Å². The third-order valence-electron chi connectivity index (χ3n) is 4.15. The summed E-state index contributed by atoms with van der Waals surface area (Å²) in [6.45, 7) is 0. The lowest BCUT2D eigenvalue weighted by atomic mass is 9.96. The monoisotopic (exact) mass is 335 g/mol. The van der Waals surface area contributed by atoms with Gasteiger partial charge in [0.2, 0.25) is 0 Å². The molecule has 5 nitrogen and oxygen atoms in total. The Balaban J connectivity index is 2.04. The van der Waals surface area contributed by atoms with E-state index in [-0.39, 0.29) is 22.4 Å². The van der Waals surface area contributed by atoms with Gasteiger partial charge in [-0.15, -0.1) is 0 Å². The van der Waals surface area contributed by atoms with Gasteiger partial charge in [-0.1, -0.05) is 12.1 Å². The summed E-state index contributed by atoms with van der Waals surface area (Å²) in [6, 6.07) is 10.2. The second kappa shape index (κ2) is 5.90. The molecule has 0 radical (unpaired) electrons.